The highest BCUT2D eigenvalue weighted by atomic mass is 79.9. The third-order valence-corrected chi connectivity index (χ3v) is 5.51. The average Bonchev–Trinajstić information content (AvgIpc) is 2.61. The molecule has 7 nitrogen and oxygen atoms in total. The van der Waals surface area contributed by atoms with Crippen molar-refractivity contribution in [3.63, 3.8) is 0 Å². The lowest BCUT2D eigenvalue weighted by Gasteiger charge is -2.16. The molecular weight excluding hydrogens is 456 g/mol. The molecule has 1 aliphatic heterocycles. The lowest BCUT2D eigenvalue weighted by Crippen LogP contribution is -2.51. The van der Waals surface area contributed by atoms with Gasteiger partial charge in [0.05, 0.1) is 4.47 Å². The van der Waals surface area contributed by atoms with Gasteiger partial charge >= 0.3 is 10.1 Å². The van der Waals surface area contributed by atoms with Crippen LogP contribution in [0.1, 0.15) is 5.56 Å². The van der Waals surface area contributed by atoms with E-state index in [1.807, 2.05) is 0 Å². The van der Waals surface area contributed by atoms with Crippen LogP contribution in [-0.2, 0) is 19.7 Å². The first-order chi connectivity index (χ1) is 12.8. The number of halogens is 1. The maximum atomic E-state index is 12.3. The van der Waals surface area contributed by atoms with Gasteiger partial charge in [-0.25, -0.2) is 0 Å². The Bertz CT molecular complexity index is 1060. The summed E-state index contributed by atoms with van der Waals surface area (Å²) < 4.78 is 30.1. The van der Waals surface area contributed by atoms with Gasteiger partial charge in [-0.1, -0.05) is 24.3 Å². The molecule has 10 heteroatoms. The summed E-state index contributed by atoms with van der Waals surface area (Å²) in [6.45, 7) is 0. The topological polar surface area (TPSA) is 102 Å². The quantitative estimate of drug-likeness (QED) is 0.309. The Morgan fingerprint density at radius 1 is 1.00 bits per heavy atom. The Kier molecular flexibility index (Phi) is 5.40. The van der Waals surface area contributed by atoms with Crippen LogP contribution in [0.4, 0.5) is 0 Å². The van der Waals surface area contributed by atoms with Crippen LogP contribution in [0.5, 0.6) is 5.75 Å². The Hall–Kier alpha value is -2.56. The fourth-order valence-electron chi connectivity index (χ4n) is 2.20. The van der Waals surface area contributed by atoms with Crippen molar-refractivity contribution in [3.05, 3.63) is 64.1 Å². The number of amides is 2. The summed E-state index contributed by atoms with van der Waals surface area (Å²) in [5.41, 5.74) is 0.362. The van der Waals surface area contributed by atoms with Gasteiger partial charge in [0.25, 0.3) is 11.8 Å². The van der Waals surface area contributed by atoms with Gasteiger partial charge in [-0.05, 0) is 64.1 Å². The monoisotopic (exact) mass is 466 g/mol. The second-order valence-electron chi connectivity index (χ2n) is 5.34. The van der Waals surface area contributed by atoms with E-state index in [4.69, 9.17) is 16.4 Å². The van der Waals surface area contributed by atoms with Gasteiger partial charge in [0.15, 0.2) is 10.9 Å². The number of carbonyl (C=O) groups is 2. The average molecular weight is 467 g/mol. The summed E-state index contributed by atoms with van der Waals surface area (Å²) in [4.78, 5) is 23.8. The zero-order valence-electron chi connectivity index (χ0n) is 13.4. The highest BCUT2D eigenvalue weighted by molar-refractivity contribution is 9.10. The third-order valence-electron chi connectivity index (χ3n) is 3.44. The van der Waals surface area contributed by atoms with Crippen molar-refractivity contribution in [1.82, 2.24) is 10.6 Å². The molecule has 2 N–H and O–H groups in total. The molecule has 0 spiro atoms. The predicted molar refractivity (Wildman–Crippen MR) is 105 cm³/mol. The maximum Gasteiger partial charge on any atom is 0.339 e. The normalized spacial score (nSPS) is 14.4. The highest BCUT2D eigenvalue weighted by Gasteiger charge is 2.25. The van der Waals surface area contributed by atoms with Crippen LogP contribution >= 0.6 is 28.1 Å². The van der Waals surface area contributed by atoms with E-state index in [0.717, 1.165) is 0 Å². The first-order valence-electron chi connectivity index (χ1n) is 7.44. The lowest BCUT2D eigenvalue weighted by atomic mass is 10.1. The summed E-state index contributed by atoms with van der Waals surface area (Å²) >= 11 is 7.97. The summed E-state index contributed by atoms with van der Waals surface area (Å²) in [5, 5.41) is 4.61. The third kappa shape index (κ3) is 4.41. The maximum absolute atomic E-state index is 12.3. The highest BCUT2D eigenvalue weighted by Crippen LogP contribution is 2.29. The molecule has 2 aromatic rings. The van der Waals surface area contributed by atoms with Crippen molar-refractivity contribution in [2.75, 3.05) is 0 Å². The number of carbonyl (C=O) groups excluding carboxylic acids is 2. The van der Waals surface area contributed by atoms with E-state index in [-0.39, 0.29) is 21.3 Å². The van der Waals surface area contributed by atoms with E-state index in [2.05, 4.69) is 26.6 Å². The van der Waals surface area contributed by atoms with Crippen LogP contribution in [0.2, 0.25) is 0 Å². The van der Waals surface area contributed by atoms with Crippen LogP contribution in [0, 0.1) is 0 Å². The van der Waals surface area contributed by atoms with Crippen LogP contribution in [-0.4, -0.2) is 25.3 Å². The molecular formula is C17H11BrN2O5S2. The molecule has 27 heavy (non-hydrogen) atoms. The number of benzene rings is 2. The van der Waals surface area contributed by atoms with Gasteiger partial charge in [-0.3, -0.25) is 20.2 Å². The lowest BCUT2D eigenvalue weighted by molar-refractivity contribution is -0.123. The van der Waals surface area contributed by atoms with Gasteiger partial charge < -0.3 is 4.18 Å². The van der Waals surface area contributed by atoms with E-state index in [1.165, 1.54) is 36.4 Å². The largest absolute Gasteiger partial charge is 0.378 e. The molecule has 0 saturated carbocycles. The Balaban J connectivity index is 1.86. The first-order valence-corrected chi connectivity index (χ1v) is 10.0. The molecule has 0 aliphatic carbocycles. The summed E-state index contributed by atoms with van der Waals surface area (Å²) in [7, 11) is -3.99. The van der Waals surface area contributed by atoms with E-state index < -0.39 is 21.9 Å². The standard InChI is InChI=1S/C17H11BrN2O5S2/c18-13-9-10(8-12-15(21)19-17(26)20-16(12)22)6-7-14(13)25-27(23,24)11-4-2-1-3-5-11/h1-9H,(H2,19,20,21,22,26). The molecule has 0 radical (unpaired) electrons. The smallest absolute Gasteiger partial charge is 0.339 e. The second-order valence-corrected chi connectivity index (χ2v) is 8.14. The molecule has 3 rings (SSSR count). The van der Waals surface area contributed by atoms with E-state index in [9.17, 15) is 18.0 Å². The van der Waals surface area contributed by atoms with Crippen molar-refractivity contribution < 1.29 is 22.2 Å². The van der Waals surface area contributed by atoms with Gasteiger partial charge in [-0.2, -0.15) is 8.42 Å². The number of hydrogen-bond acceptors (Lipinski definition) is 6. The molecule has 2 amide bonds. The van der Waals surface area contributed by atoms with E-state index >= 15 is 0 Å². The molecule has 0 bridgehead atoms. The summed E-state index contributed by atoms with van der Waals surface area (Å²) in [6.07, 6.45) is 1.35. The van der Waals surface area contributed by atoms with Gasteiger partial charge in [0, 0.05) is 0 Å². The first kappa shape index (κ1) is 19.2. The number of nitrogens with one attached hydrogen (secondary N) is 2. The van der Waals surface area contributed by atoms with Crippen LogP contribution in [0.15, 0.2) is 63.5 Å². The Morgan fingerprint density at radius 2 is 1.63 bits per heavy atom. The molecule has 0 aromatic heterocycles. The van der Waals surface area contributed by atoms with Crippen molar-refractivity contribution in [1.29, 1.82) is 0 Å². The van der Waals surface area contributed by atoms with Gasteiger partial charge in [-0.15, -0.1) is 0 Å². The van der Waals surface area contributed by atoms with Gasteiger partial charge in [0.2, 0.25) is 0 Å². The molecule has 2 aromatic carbocycles. The fourth-order valence-corrected chi connectivity index (χ4v) is 3.94. The Labute approximate surface area is 168 Å². The number of rotatable bonds is 4. The SMILES string of the molecule is O=C1NC(=S)NC(=O)C1=Cc1ccc(OS(=O)(=O)c2ccccc2)c(Br)c1. The molecule has 138 valence electrons. The minimum absolute atomic E-state index is 0.0228. The number of thiocarbonyl (C=S) groups is 1. The van der Waals surface area contributed by atoms with E-state index in [1.54, 1.807) is 18.2 Å². The van der Waals surface area contributed by atoms with Gasteiger partial charge in [0.1, 0.15) is 10.5 Å². The van der Waals surface area contributed by atoms with Crippen LogP contribution in [0.25, 0.3) is 6.08 Å². The zero-order chi connectivity index (χ0) is 19.6. The van der Waals surface area contributed by atoms with E-state index in [0.29, 0.717) is 10.0 Å². The minimum Gasteiger partial charge on any atom is -0.378 e. The van der Waals surface area contributed by atoms with Crippen LogP contribution < -0.4 is 14.8 Å². The summed E-state index contributed by atoms with van der Waals surface area (Å²) in [5.74, 6) is -1.17. The van der Waals surface area contributed by atoms with Crippen molar-refractivity contribution in [2.45, 2.75) is 4.90 Å². The Morgan fingerprint density at radius 3 is 2.22 bits per heavy atom. The molecule has 1 saturated heterocycles. The predicted octanol–water partition coefficient (Wildman–Crippen LogP) is 2.13. The minimum atomic E-state index is -3.99. The fraction of sp³-hybridized carbons (Fsp3) is 0. The van der Waals surface area contributed by atoms with Crippen LogP contribution in [0.3, 0.4) is 0 Å². The molecule has 0 unspecified atom stereocenters. The van der Waals surface area contributed by atoms with Crippen molar-refractivity contribution in [2.24, 2.45) is 0 Å². The van der Waals surface area contributed by atoms with Crippen molar-refractivity contribution >= 4 is 61.3 Å². The second kappa shape index (κ2) is 7.59. The van der Waals surface area contributed by atoms with Crippen molar-refractivity contribution in [3.8, 4) is 5.75 Å². The molecule has 1 heterocycles. The number of hydrogen-bond donors (Lipinski definition) is 2. The summed E-state index contributed by atoms with van der Waals surface area (Å²) in [6, 6.07) is 12.2. The molecule has 0 atom stereocenters. The molecule has 1 fully saturated rings. The zero-order valence-corrected chi connectivity index (χ0v) is 16.7. The molecule has 1 aliphatic rings.